The minimum absolute atomic E-state index is 0. The number of carbonyl (C=O) groups excluding carboxylic acids is 1. The number of H-pyrrole nitrogens is 1. The lowest BCUT2D eigenvalue weighted by molar-refractivity contribution is -0.120. The molecule has 0 aliphatic carbocycles. The Bertz CT molecular complexity index is 530. The predicted octanol–water partition coefficient (Wildman–Crippen LogP) is 1.92. The van der Waals surface area contributed by atoms with E-state index in [4.69, 9.17) is 0 Å². The molecule has 102 valence electrons. The van der Waals surface area contributed by atoms with E-state index in [0.29, 0.717) is 5.95 Å². The summed E-state index contributed by atoms with van der Waals surface area (Å²) in [6.07, 6.45) is 2.00. The maximum atomic E-state index is 12.0. The van der Waals surface area contributed by atoms with Crippen molar-refractivity contribution >= 4 is 35.3 Å². The van der Waals surface area contributed by atoms with E-state index in [2.05, 4.69) is 20.6 Å². The maximum absolute atomic E-state index is 12.0. The smallest absolute Gasteiger partial charge is 0.231 e. The van der Waals surface area contributed by atoms with Gasteiger partial charge in [0.2, 0.25) is 11.9 Å². The molecular weight excluding hydrogens is 264 g/mol. The number of nitrogens with zero attached hydrogens (tertiary/aromatic N) is 1. The number of aromatic amines is 1. The van der Waals surface area contributed by atoms with Crippen LogP contribution in [-0.2, 0) is 4.79 Å². The minimum atomic E-state index is 0. The molecule has 1 aliphatic heterocycles. The molecule has 2 aromatic rings. The molecule has 3 N–H and O–H groups in total. The van der Waals surface area contributed by atoms with Crippen LogP contribution in [0.4, 0.5) is 5.95 Å². The highest BCUT2D eigenvalue weighted by atomic mass is 35.5. The van der Waals surface area contributed by atoms with Crippen molar-refractivity contribution < 1.29 is 4.79 Å². The number of anilines is 1. The first-order chi connectivity index (χ1) is 8.83. The molecule has 0 spiro atoms. The van der Waals surface area contributed by atoms with E-state index in [-0.39, 0.29) is 24.2 Å². The average Bonchev–Trinajstić information content (AvgIpc) is 2.82. The number of benzene rings is 1. The molecule has 1 saturated heterocycles. The van der Waals surface area contributed by atoms with Crippen molar-refractivity contribution in [3.63, 3.8) is 0 Å². The van der Waals surface area contributed by atoms with Gasteiger partial charge >= 0.3 is 0 Å². The van der Waals surface area contributed by atoms with Crippen molar-refractivity contribution in [1.82, 2.24) is 15.3 Å². The summed E-state index contributed by atoms with van der Waals surface area (Å²) < 4.78 is 0. The summed E-state index contributed by atoms with van der Waals surface area (Å²) >= 11 is 0. The van der Waals surface area contributed by atoms with Crippen molar-refractivity contribution in [2.24, 2.45) is 5.92 Å². The Morgan fingerprint density at radius 3 is 2.95 bits per heavy atom. The number of aromatic nitrogens is 2. The molecule has 19 heavy (non-hydrogen) atoms. The van der Waals surface area contributed by atoms with Gasteiger partial charge < -0.3 is 10.3 Å². The number of rotatable bonds is 2. The number of amides is 1. The zero-order valence-electron chi connectivity index (χ0n) is 10.5. The normalized spacial score (nSPS) is 18.8. The van der Waals surface area contributed by atoms with Gasteiger partial charge in [-0.3, -0.25) is 10.1 Å². The van der Waals surface area contributed by atoms with Crippen LogP contribution in [0.2, 0.25) is 0 Å². The third-order valence-corrected chi connectivity index (χ3v) is 3.30. The highest BCUT2D eigenvalue weighted by molar-refractivity contribution is 5.92. The molecule has 1 atom stereocenters. The predicted molar refractivity (Wildman–Crippen MR) is 77.6 cm³/mol. The van der Waals surface area contributed by atoms with Crippen LogP contribution in [0.5, 0.6) is 0 Å². The zero-order chi connectivity index (χ0) is 12.4. The summed E-state index contributed by atoms with van der Waals surface area (Å²) in [7, 11) is 0. The van der Waals surface area contributed by atoms with Crippen LogP contribution in [0.1, 0.15) is 12.8 Å². The lowest BCUT2D eigenvalue weighted by Gasteiger charge is -2.21. The lowest BCUT2D eigenvalue weighted by atomic mass is 9.99. The molecule has 1 unspecified atom stereocenters. The monoisotopic (exact) mass is 280 g/mol. The van der Waals surface area contributed by atoms with Gasteiger partial charge in [-0.05, 0) is 31.5 Å². The van der Waals surface area contributed by atoms with E-state index in [1.165, 1.54) is 0 Å². The second-order valence-electron chi connectivity index (χ2n) is 4.64. The van der Waals surface area contributed by atoms with E-state index in [9.17, 15) is 4.79 Å². The fraction of sp³-hybridized carbons (Fsp3) is 0.385. The highest BCUT2D eigenvalue weighted by Gasteiger charge is 2.21. The van der Waals surface area contributed by atoms with Crippen molar-refractivity contribution in [2.75, 3.05) is 18.4 Å². The van der Waals surface area contributed by atoms with Crippen LogP contribution in [0.25, 0.3) is 11.0 Å². The van der Waals surface area contributed by atoms with E-state index < -0.39 is 0 Å². The summed E-state index contributed by atoms with van der Waals surface area (Å²) in [6.45, 7) is 1.76. The van der Waals surface area contributed by atoms with Gasteiger partial charge in [-0.15, -0.1) is 12.4 Å². The molecule has 0 bridgehead atoms. The van der Waals surface area contributed by atoms with Crippen LogP contribution in [0, 0.1) is 5.92 Å². The molecule has 1 amide bonds. The summed E-state index contributed by atoms with van der Waals surface area (Å²) in [4.78, 5) is 19.5. The number of hydrogen-bond acceptors (Lipinski definition) is 3. The fourth-order valence-corrected chi connectivity index (χ4v) is 2.31. The third kappa shape index (κ3) is 3.05. The maximum Gasteiger partial charge on any atom is 0.231 e. The number of nitrogens with one attached hydrogen (secondary N) is 3. The number of piperidine rings is 1. The average molecular weight is 281 g/mol. The molecule has 6 heteroatoms. The van der Waals surface area contributed by atoms with E-state index >= 15 is 0 Å². The topological polar surface area (TPSA) is 69.8 Å². The van der Waals surface area contributed by atoms with Crippen LogP contribution in [-0.4, -0.2) is 29.0 Å². The molecule has 0 radical (unpaired) electrons. The van der Waals surface area contributed by atoms with Gasteiger partial charge in [-0.25, -0.2) is 4.98 Å². The third-order valence-electron chi connectivity index (χ3n) is 3.30. The van der Waals surface area contributed by atoms with Gasteiger partial charge in [0.1, 0.15) is 0 Å². The molecular formula is C13H17ClN4O. The fourth-order valence-electron chi connectivity index (χ4n) is 2.31. The van der Waals surface area contributed by atoms with Crippen molar-refractivity contribution in [3.05, 3.63) is 24.3 Å². The van der Waals surface area contributed by atoms with Gasteiger partial charge in [0, 0.05) is 6.54 Å². The molecule has 1 aromatic carbocycles. The number of imidazole rings is 1. The molecule has 2 heterocycles. The second-order valence-corrected chi connectivity index (χ2v) is 4.64. The zero-order valence-corrected chi connectivity index (χ0v) is 11.3. The SMILES string of the molecule is Cl.O=C(Nc1nc2ccccc2[nH]1)C1CCCNC1. The number of hydrogen-bond donors (Lipinski definition) is 3. The van der Waals surface area contributed by atoms with Crippen LogP contribution >= 0.6 is 12.4 Å². The largest absolute Gasteiger partial charge is 0.324 e. The van der Waals surface area contributed by atoms with Gasteiger partial charge in [0.05, 0.1) is 17.0 Å². The Kier molecular flexibility index (Phi) is 4.39. The number of carbonyl (C=O) groups is 1. The van der Waals surface area contributed by atoms with E-state index in [1.807, 2.05) is 24.3 Å². The first kappa shape index (κ1) is 13.8. The highest BCUT2D eigenvalue weighted by Crippen LogP contribution is 2.16. The Hall–Kier alpha value is -1.59. The van der Waals surface area contributed by atoms with Gasteiger partial charge in [-0.1, -0.05) is 12.1 Å². The van der Waals surface area contributed by atoms with Gasteiger partial charge in [-0.2, -0.15) is 0 Å². The van der Waals surface area contributed by atoms with Gasteiger partial charge in [0.25, 0.3) is 0 Å². The van der Waals surface area contributed by atoms with Gasteiger partial charge in [0.15, 0.2) is 0 Å². The number of para-hydroxylation sites is 2. The first-order valence-corrected chi connectivity index (χ1v) is 6.29. The number of fused-ring (bicyclic) bond motifs is 1. The van der Waals surface area contributed by atoms with E-state index in [0.717, 1.165) is 37.0 Å². The standard InChI is InChI=1S/C13H16N4O.ClH/c18-12(9-4-3-7-14-8-9)17-13-15-10-5-1-2-6-11(10)16-13;/h1-2,5-6,9,14H,3-4,7-8H2,(H2,15,16,17,18);1H. The summed E-state index contributed by atoms with van der Waals surface area (Å²) in [5.41, 5.74) is 1.81. The molecule has 1 aliphatic rings. The molecule has 0 saturated carbocycles. The Balaban J connectivity index is 0.00000133. The number of halogens is 1. The quantitative estimate of drug-likeness (QED) is 0.787. The minimum Gasteiger partial charge on any atom is -0.324 e. The summed E-state index contributed by atoms with van der Waals surface area (Å²) in [5.74, 6) is 0.625. The molecule has 5 nitrogen and oxygen atoms in total. The van der Waals surface area contributed by atoms with Crippen LogP contribution < -0.4 is 10.6 Å². The first-order valence-electron chi connectivity index (χ1n) is 6.29. The molecule has 1 fully saturated rings. The summed E-state index contributed by atoms with van der Waals surface area (Å²) in [6, 6.07) is 7.74. The summed E-state index contributed by atoms with van der Waals surface area (Å²) in [5, 5.41) is 6.09. The van der Waals surface area contributed by atoms with Crippen molar-refractivity contribution in [2.45, 2.75) is 12.8 Å². The van der Waals surface area contributed by atoms with Crippen molar-refractivity contribution in [1.29, 1.82) is 0 Å². The molecule has 1 aromatic heterocycles. The van der Waals surface area contributed by atoms with Crippen LogP contribution in [0.15, 0.2) is 24.3 Å². The Morgan fingerprint density at radius 2 is 2.21 bits per heavy atom. The second kappa shape index (κ2) is 6.04. The molecule has 3 rings (SSSR count). The Labute approximate surface area is 117 Å². The van der Waals surface area contributed by atoms with Crippen molar-refractivity contribution in [3.8, 4) is 0 Å². The lowest BCUT2D eigenvalue weighted by Crippen LogP contribution is -2.37. The Morgan fingerprint density at radius 1 is 1.37 bits per heavy atom. The van der Waals surface area contributed by atoms with Crippen LogP contribution in [0.3, 0.4) is 0 Å². The van der Waals surface area contributed by atoms with E-state index in [1.54, 1.807) is 0 Å².